The average molecular weight is 319 g/mol. The molecule has 0 spiro atoms. The summed E-state index contributed by atoms with van der Waals surface area (Å²) in [7, 11) is 0. The minimum absolute atomic E-state index is 0.357. The molecule has 0 aromatic heterocycles. The summed E-state index contributed by atoms with van der Waals surface area (Å²) in [4.78, 5) is 12.0. The van der Waals surface area contributed by atoms with Crippen LogP contribution in [0.4, 0.5) is 10.1 Å². The van der Waals surface area contributed by atoms with E-state index in [1.807, 2.05) is 6.07 Å². The van der Waals surface area contributed by atoms with E-state index in [1.165, 1.54) is 24.3 Å². The van der Waals surface area contributed by atoms with E-state index >= 15 is 0 Å². The Bertz CT molecular complexity index is 679. The van der Waals surface area contributed by atoms with Crippen LogP contribution in [0.2, 0.25) is 0 Å². The van der Waals surface area contributed by atoms with Crippen molar-refractivity contribution in [2.75, 3.05) is 5.32 Å². The smallest absolute Gasteiger partial charge is 0.255 e. The van der Waals surface area contributed by atoms with Gasteiger partial charge in [-0.1, -0.05) is 6.07 Å². The van der Waals surface area contributed by atoms with E-state index in [2.05, 4.69) is 21.2 Å². The summed E-state index contributed by atoms with van der Waals surface area (Å²) in [5.41, 5.74) is 1.25. The Morgan fingerprint density at radius 3 is 2.74 bits per heavy atom. The molecule has 2 aromatic rings. The van der Waals surface area contributed by atoms with Crippen molar-refractivity contribution in [1.82, 2.24) is 0 Å². The molecule has 0 bridgehead atoms. The molecule has 1 N–H and O–H groups in total. The van der Waals surface area contributed by atoms with Gasteiger partial charge in [0.2, 0.25) is 0 Å². The lowest BCUT2D eigenvalue weighted by molar-refractivity contribution is 0.102. The van der Waals surface area contributed by atoms with Crippen LogP contribution in [-0.4, -0.2) is 5.91 Å². The van der Waals surface area contributed by atoms with Crippen LogP contribution in [-0.2, 0) is 0 Å². The fraction of sp³-hybridized carbons (Fsp3) is 0. The van der Waals surface area contributed by atoms with Crippen molar-refractivity contribution in [1.29, 1.82) is 5.26 Å². The van der Waals surface area contributed by atoms with E-state index in [9.17, 15) is 9.18 Å². The summed E-state index contributed by atoms with van der Waals surface area (Å²) >= 11 is 3.17. The number of carbonyl (C=O) groups is 1. The Labute approximate surface area is 117 Å². The third-order valence-electron chi connectivity index (χ3n) is 2.43. The lowest BCUT2D eigenvalue weighted by Crippen LogP contribution is -2.12. The third-order valence-corrected chi connectivity index (χ3v) is 3.09. The monoisotopic (exact) mass is 318 g/mol. The van der Waals surface area contributed by atoms with E-state index in [1.54, 1.807) is 18.2 Å². The van der Waals surface area contributed by atoms with E-state index in [0.29, 0.717) is 21.3 Å². The summed E-state index contributed by atoms with van der Waals surface area (Å²) in [6.45, 7) is 0. The van der Waals surface area contributed by atoms with Gasteiger partial charge in [0.05, 0.1) is 17.3 Å². The molecule has 2 rings (SSSR count). The van der Waals surface area contributed by atoms with Gasteiger partial charge in [0, 0.05) is 10.0 Å². The molecule has 0 saturated heterocycles. The molecule has 0 fully saturated rings. The van der Waals surface area contributed by atoms with Gasteiger partial charge in [-0.15, -0.1) is 0 Å². The predicted octanol–water partition coefficient (Wildman–Crippen LogP) is 3.71. The van der Waals surface area contributed by atoms with Crippen LogP contribution in [0.5, 0.6) is 0 Å². The van der Waals surface area contributed by atoms with Crippen LogP contribution in [0.15, 0.2) is 46.9 Å². The highest BCUT2D eigenvalue weighted by Gasteiger charge is 2.09. The van der Waals surface area contributed by atoms with Gasteiger partial charge in [-0.3, -0.25) is 4.79 Å². The summed E-state index contributed by atoms with van der Waals surface area (Å²) in [5, 5.41) is 11.4. The highest BCUT2D eigenvalue weighted by Crippen LogP contribution is 2.23. The van der Waals surface area contributed by atoms with Gasteiger partial charge in [0.25, 0.3) is 5.91 Å². The number of nitriles is 1. The zero-order valence-corrected chi connectivity index (χ0v) is 11.2. The first-order valence-corrected chi connectivity index (χ1v) is 6.16. The van der Waals surface area contributed by atoms with Crippen LogP contribution < -0.4 is 5.32 Å². The number of carbonyl (C=O) groups excluding carboxylic acids is 1. The Kier molecular flexibility index (Phi) is 3.93. The van der Waals surface area contributed by atoms with Gasteiger partial charge >= 0.3 is 0 Å². The van der Waals surface area contributed by atoms with Crippen molar-refractivity contribution in [3.8, 4) is 6.07 Å². The Morgan fingerprint density at radius 2 is 2.05 bits per heavy atom. The largest absolute Gasteiger partial charge is 0.321 e. The molecular formula is C14H8BrFN2O. The van der Waals surface area contributed by atoms with Crippen molar-refractivity contribution < 1.29 is 9.18 Å². The van der Waals surface area contributed by atoms with Gasteiger partial charge in [0.15, 0.2) is 0 Å². The van der Waals surface area contributed by atoms with Crippen LogP contribution in [0, 0.1) is 17.1 Å². The van der Waals surface area contributed by atoms with Crippen molar-refractivity contribution in [3.05, 3.63) is 63.9 Å². The first-order chi connectivity index (χ1) is 9.10. The molecule has 0 aliphatic rings. The molecule has 0 aliphatic carbocycles. The van der Waals surface area contributed by atoms with Crippen LogP contribution in [0.1, 0.15) is 15.9 Å². The van der Waals surface area contributed by atoms with Gasteiger partial charge in [-0.2, -0.15) is 5.26 Å². The molecule has 94 valence electrons. The highest BCUT2D eigenvalue weighted by atomic mass is 79.9. The zero-order valence-electron chi connectivity index (χ0n) is 9.65. The Morgan fingerprint density at radius 1 is 1.26 bits per heavy atom. The average Bonchev–Trinajstić information content (AvgIpc) is 2.42. The fourth-order valence-corrected chi connectivity index (χ4v) is 1.97. The Hall–Kier alpha value is -2.19. The quantitative estimate of drug-likeness (QED) is 0.917. The number of benzene rings is 2. The van der Waals surface area contributed by atoms with Crippen LogP contribution in [0.3, 0.4) is 0 Å². The van der Waals surface area contributed by atoms with E-state index in [4.69, 9.17) is 5.26 Å². The number of hydrogen-bond acceptors (Lipinski definition) is 2. The Balaban J connectivity index is 2.23. The maximum absolute atomic E-state index is 12.9. The minimum Gasteiger partial charge on any atom is -0.321 e. The highest BCUT2D eigenvalue weighted by molar-refractivity contribution is 9.10. The topological polar surface area (TPSA) is 52.9 Å². The van der Waals surface area contributed by atoms with Gasteiger partial charge in [-0.25, -0.2) is 4.39 Å². The maximum Gasteiger partial charge on any atom is 0.255 e. The molecule has 2 aromatic carbocycles. The van der Waals surface area contributed by atoms with Crippen molar-refractivity contribution in [2.45, 2.75) is 0 Å². The predicted molar refractivity (Wildman–Crippen MR) is 73.2 cm³/mol. The first kappa shape index (κ1) is 13.2. The second-order valence-electron chi connectivity index (χ2n) is 3.77. The van der Waals surface area contributed by atoms with Crippen molar-refractivity contribution in [3.63, 3.8) is 0 Å². The minimum atomic E-state index is -0.392. The molecule has 0 aliphatic heterocycles. The number of hydrogen-bond donors (Lipinski definition) is 1. The van der Waals surface area contributed by atoms with Crippen molar-refractivity contribution >= 4 is 27.5 Å². The molecule has 19 heavy (non-hydrogen) atoms. The number of anilines is 1. The second-order valence-corrected chi connectivity index (χ2v) is 4.63. The lowest BCUT2D eigenvalue weighted by Gasteiger charge is -2.07. The summed E-state index contributed by atoms with van der Waals surface area (Å²) < 4.78 is 13.4. The molecule has 1 amide bonds. The fourth-order valence-electron chi connectivity index (χ4n) is 1.52. The zero-order chi connectivity index (χ0) is 13.8. The number of nitrogens with one attached hydrogen (secondary N) is 1. The number of amides is 1. The van der Waals surface area contributed by atoms with E-state index < -0.39 is 5.82 Å². The summed E-state index contributed by atoms with van der Waals surface area (Å²) in [6, 6.07) is 12.3. The maximum atomic E-state index is 12.9. The number of nitrogens with zero attached hydrogens (tertiary/aromatic N) is 1. The van der Waals surface area contributed by atoms with E-state index in [-0.39, 0.29) is 5.91 Å². The van der Waals surface area contributed by atoms with Gasteiger partial charge in [0.1, 0.15) is 5.82 Å². The molecule has 5 heteroatoms. The number of rotatable bonds is 2. The summed E-state index contributed by atoms with van der Waals surface area (Å²) in [6.07, 6.45) is 0. The molecule has 3 nitrogen and oxygen atoms in total. The first-order valence-electron chi connectivity index (χ1n) is 5.37. The second kappa shape index (κ2) is 5.63. The van der Waals surface area contributed by atoms with Gasteiger partial charge in [-0.05, 0) is 52.3 Å². The molecular weight excluding hydrogens is 311 g/mol. The summed E-state index contributed by atoms with van der Waals surface area (Å²) in [5.74, 6) is -0.749. The normalized spacial score (nSPS) is 9.74. The lowest BCUT2D eigenvalue weighted by atomic mass is 10.1. The molecule has 0 unspecified atom stereocenters. The molecule has 0 saturated carbocycles. The van der Waals surface area contributed by atoms with E-state index in [0.717, 1.165) is 0 Å². The standard InChI is InChI=1S/C14H8BrFN2O/c15-12-7-11(16)4-5-13(12)18-14(19)10-3-1-2-9(6-10)8-17/h1-7H,(H,18,19). The van der Waals surface area contributed by atoms with Crippen molar-refractivity contribution in [2.24, 2.45) is 0 Å². The molecule has 0 heterocycles. The SMILES string of the molecule is N#Cc1cccc(C(=O)Nc2ccc(F)cc2Br)c1. The molecule has 0 radical (unpaired) electrons. The molecule has 0 atom stereocenters. The van der Waals surface area contributed by atoms with Crippen LogP contribution in [0.25, 0.3) is 0 Å². The number of halogens is 2. The third kappa shape index (κ3) is 3.18. The van der Waals surface area contributed by atoms with Crippen LogP contribution >= 0.6 is 15.9 Å². The van der Waals surface area contributed by atoms with Gasteiger partial charge < -0.3 is 5.32 Å².